The van der Waals surface area contributed by atoms with E-state index in [1.54, 1.807) is 0 Å². The first kappa shape index (κ1) is 33.5. The Morgan fingerprint density at radius 3 is 1.62 bits per heavy atom. The van der Waals surface area contributed by atoms with E-state index in [1.807, 2.05) is 48.5 Å². The minimum atomic E-state index is -0.631. The van der Waals surface area contributed by atoms with Crippen molar-refractivity contribution < 1.29 is 4.74 Å². The average molecular weight is 740 g/mol. The van der Waals surface area contributed by atoms with Gasteiger partial charge in [-0.2, -0.15) is 5.26 Å². The molecule has 0 saturated carbocycles. The number of para-hydroxylation sites is 2. The van der Waals surface area contributed by atoms with E-state index in [0.29, 0.717) is 11.4 Å². The number of nitriles is 1. The monoisotopic (exact) mass is 739 g/mol. The summed E-state index contributed by atoms with van der Waals surface area (Å²) in [5.74, 6) is 2.35. The van der Waals surface area contributed by atoms with Crippen LogP contribution in [0.25, 0.3) is 67.3 Å². The van der Waals surface area contributed by atoms with E-state index in [2.05, 4.69) is 158 Å². The second-order valence-corrected chi connectivity index (χ2v) is 14.8. The van der Waals surface area contributed by atoms with Gasteiger partial charge in [0.15, 0.2) is 5.82 Å². The Kier molecular flexibility index (Phi) is 7.74. The molecule has 0 bridgehead atoms. The van der Waals surface area contributed by atoms with Crippen molar-refractivity contribution in [1.29, 1.82) is 5.26 Å². The van der Waals surface area contributed by atoms with E-state index >= 15 is 0 Å². The van der Waals surface area contributed by atoms with Crippen molar-refractivity contribution in [2.75, 3.05) is 0 Å². The molecule has 270 valence electrons. The Labute approximate surface area is 337 Å². The van der Waals surface area contributed by atoms with Crippen LogP contribution < -0.4 is 4.74 Å². The Morgan fingerprint density at radius 1 is 0.414 bits per heavy atom. The molecule has 58 heavy (non-hydrogen) atoms. The molecule has 1 unspecified atom stereocenters. The van der Waals surface area contributed by atoms with Gasteiger partial charge in [0.1, 0.15) is 11.5 Å². The second-order valence-electron chi connectivity index (χ2n) is 14.8. The van der Waals surface area contributed by atoms with Gasteiger partial charge in [-0.1, -0.05) is 176 Å². The van der Waals surface area contributed by atoms with Crippen LogP contribution in [-0.4, -0.2) is 9.97 Å². The summed E-state index contributed by atoms with van der Waals surface area (Å²) < 4.78 is 7.01. The predicted octanol–water partition coefficient (Wildman–Crippen LogP) is 13.2. The zero-order valence-corrected chi connectivity index (χ0v) is 31.3. The summed E-state index contributed by atoms with van der Waals surface area (Å²) in [7, 11) is 0. The van der Waals surface area contributed by atoms with Crippen LogP contribution in [0.5, 0.6) is 11.5 Å². The van der Waals surface area contributed by atoms with Crippen LogP contribution in [-0.2, 0) is 5.41 Å². The van der Waals surface area contributed by atoms with Gasteiger partial charge in [-0.3, -0.25) is 0 Å². The SMILES string of the molecule is N#Cc1ccc(-c2cccc3c2-c2ccccc2C32c3ccccc3Oc3c(-c4ccc(-c5nc(-c6ccccc6)cc(-c6ccccc6)n5)cc4)cccc32)cc1. The summed E-state index contributed by atoms with van der Waals surface area (Å²) in [6.45, 7) is 0. The Bertz CT molecular complexity index is 3020. The molecular weight excluding hydrogens is 707 g/mol. The quantitative estimate of drug-likeness (QED) is 0.176. The smallest absolute Gasteiger partial charge is 0.160 e. The average Bonchev–Trinajstić information content (AvgIpc) is 3.60. The van der Waals surface area contributed by atoms with Gasteiger partial charge in [0, 0.05) is 33.4 Å². The fourth-order valence-electron chi connectivity index (χ4n) is 9.05. The molecule has 0 radical (unpaired) electrons. The zero-order chi connectivity index (χ0) is 38.6. The molecule has 1 aliphatic heterocycles. The summed E-state index contributed by atoms with van der Waals surface area (Å²) in [4.78, 5) is 10.2. The molecule has 11 rings (SSSR count). The van der Waals surface area contributed by atoms with E-state index in [1.165, 1.54) is 22.3 Å². The minimum Gasteiger partial charge on any atom is -0.456 e. The maximum Gasteiger partial charge on any atom is 0.160 e. The molecule has 4 heteroatoms. The molecule has 1 aliphatic carbocycles. The van der Waals surface area contributed by atoms with Crippen LogP contribution in [0, 0.1) is 11.3 Å². The van der Waals surface area contributed by atoms with Crippen LogP contribution in [0.4, 0.5) is 0 Å². The fraction of sp³-hybridized carbons (Fsp3) is 0.0185. The van der Waals surface area contributed by atoms with Crippen molar-refractivity contribution in [1.82, 2.24) is 9.97 Å². The third kappa shape index (κ3) is 5.15. The third-order valence-corrected chi connectivity index (χ3v) is 11.6. The zero-order valence-electron chi connectivity index (χ0n) is 31.3. The standard InChI is InChI=1S/C54H33N3O/c55-34-35-25-27-36(28-26-35)41-18-11-22-46-51(41)43-17-7-8-20-44(43)54(46)45-21-9-10-24-50(45)58-52-42(19-12-23-47(52)54)37-29-31-40(32-30-37)53-56-48(38-13-3-1-4-14-38)33-49(57-53)39-15-5-2-6-16-39/h1-33H. The van der Waals surface area contributed by atoms with E-state index in [9.17, 15) is 5.26 Å². The Morgan fingerprint density at radius 2 is 0.931 bits per heavy atom. The van der Waals surface area contributed by atoms with Crippen molar-refractivity contribution in [2.24, 2.45) is 0 Å². The first-order valence-corrected chi connectivity index (χ1v) is 19.5. The highest BCUT2D eigenvalue weighted by molar-refractivity contribution is 5.97. The van der Waals surface area contributed by atoms with Crippen LogP contribution in [0.15, 0.2) is 200 Å². The first-order valence-electron chi connectivity index (χ1n) is 19.5. The van der Waals surface area contributed by atoms with Gasteiger partial charge < -0.3 is 4.74 Å². The highest BCUT2D eigenvalue weighted by Gasteiger charge is 2.52. The number of nitrogens with zero attached hydrogens (tertiary/aromatic N) is 3. The summed E-state index contributed by atoms with van der Waals surface area (Å²) in [5.41, 5.74) is 16.1. The predicted molar refractivity (Wildman–Crippen MR) is 231 cm³/mol. The van der Waals surface area contributed by atoms with Crippen molar-refractivity contribution in [2.45, 2.75) is 5.41 Å². The number of hydrogen-bond acceptors (Lipinski definition) is 4. The molecule has 1 aromatic heterocycles. The maximum absolute atomic E-state index is 9.54. The van der Waals surface area contributed by atoms with Gasteiger partial charge in [-0.05, 0) is 63.2 Å². The van der Waals surface area contributed by atoms with E-state index < -0.39 is 5.41 Å². The first-order chi connectivity index (χ1) is 28.7. The number of ether oxygens (including phenoxy) is 1. The summed E-state index contributed by atoms with van der Waals surface area (Å²) in [6, 6.07) is 71.8. The number of aromatic nitrogens is 2. The molecule has 0 fully saturated rings. The van der Waals surface area contributed by atoms with Gasteiger partial charge in [0.25, 0.3) is 0 Å². The van der Waals surface area contributed by atoms with Gasteiger partial charge >= 0.3 is 0 Å². The highest BCUT2D eigenvalue weighted by Crippen LogP contribution is 2.64. The second kappa shape index (κ2) is 13.4. The lowest BCUT2D eigenvalue weighted by molar-refractivity contribution is 0.438. The van der Waals surface area contributed by atoms with Crippen LogP contribution in [0.2, 0.25) is 0 Å². The highest BCUT2D eigenvalue weighted by atomic mass is 16.5. The maximum atomic E-state index is 9.54. The minimum absolute atomic E-state index is 0.631. The summed E-state index contributed by atoms with van der Waals surface area (Å²) in [6.07, 6.45) is 0. The van der Waals surface area contributed by atoms with Gasteiger partial charge in [-0.25, -0.2) is 9.97 Å². The van der Waals surface area contributed by atoms with Crippen LogP contribution in [0.1, 0.15) is 27.8 Å². The van der Waals surface area contributed by atoms with Crippen LogP contribution >= 0.6 is 0 Å². The van der Waals surface area contributed by atoms with E-state index in [-0.39, 0.29) is 0 Å². The molecule has 4 nitrogen and oxygen atoms in total. The Hall–Kier alpha value is -7.87. The van der Waals surface area contributed by atoms with Crippen molar-refractivity contribution in [3.05, 3.63) is 228 Å². The van der Waals surface area contributed by atoms with Gasteiger partial charge in [0.05, 0.1) is 28.4 Å². The molecule has 9 aromatic rings. The Balaban J connectivity index is 1.08. The number of rotatable bonds is 5. The fourth-order valence-corrected chi connectivity index (χ4v) is 9.05. The number of hydrogen-bond donors (Lipinski definition) is 0. The molecule has 0 saturated heterocycles. The van der Waals surface area contributed by atoms with Gasteiger partial charge in [-0.15, -0.1) is 0 Å². The lowest BCUT2D eigenvalue weighted by Crippen LogP contribution is -2.32. The molecule has 2 aliphatic rings. The topological polar surface area (TPSA) is 58.8 Å². The molecule has 8 aromatic carbocycles. The third-order valence-electron chi connectivity index (χ3n) is 11.6. The molecule has 0 amide bonds. The largest absolute Gasteiger partial charge is 0.456 e. The van der Waals surface area contributed by atoms with Gasteiger partial charge in [0.2, 0.25) is 0 Å². The molecule has 2 heterocycles. The van der Waals surface area contributed by atoms with Crippen LogP contribution in [0.3, 0.4) is 0 Å². The molecular formula is C54H33N3O. The number of benzene rings is 8. The summed E-state index contributed by atoms with van der Waals surface area (Å²) in [5, 5.41) is 9.54. The van der Waals surface area contributed by atoms with E-state index in [0.717, 1.165) is 73.0 Å². The molecule has 1 atom stereocenters. The van der Waals surface area contributed by atoms with E-state index in [4.69, 9.17) is 14.7 Å². The normalized spacial score (nSPS) is 14.4. The van der Waals surface area contributed by atoms with Crippen molar-refractivity contribution in [3.63, 3.8) is 0 Å². The van der Waals surface area contributed by atoms with Crippen molar-refractivity contribution in [3.8, 4) is 84.9 Å². The summed E-state index contributed by atoms with van der Waals surface area (Å²) >= 11 is 0. The van der Waals surface area contributed by atoms with Crippen molar-refractivity contribution >= 4 is 0 Å². The number of fused-ring (bicyclic) bond motifs is 9. The molecule has 0 N–H and O–H groups in total. The lowest BCUT2D eigenvalue weighted by Gasteiger charge is -2.40. The molecule has 1 spiro atoms. The lowest BCUT2D eigenvalue weighted by atomic mass is 9.65.